The Morgan fingerprint density at radius 3 is 1.70 bits per heavy atom. The minimum atomic E-state index is -4.64. The molecule has 0 aliphatic rings. The van der Waals surface area contributed by atoms with Gasteiger partial charge in [0.1, 0.15) is 21.5 Å². The first kappa shape index (κ1) is 41.7. The number of rotatable bonds is 9. The van der Waals surface area contributed by atoms with Crippen LogP contribution >= 0.6 is 0 Å². The second kappa shape index (κ2) is 17.0. The third kappa shape index (κ3) is 9.17. The number of hydrogen-bond donors (Lipinski definition) is 0. The molecule has 0 fully saturated rings. The monoisotopic (exact) mass is 821 g/mol. The largest absolute Gasteiger partial charge is 3.00 e. The second-order valence-electron chi connectivity index (χ2n) is 11.3. The summed E-state index contributed by atoms with van der Waals surface area (Å²) in [6, 6.07) is 18.8. The fourth-order valence-corrected chi connectivity index (χ4v) is 5.22. The van der Waals surface area contributed by atoms with Crippen molar-refractivity contribution in [3.63, 3.8) is 0 Å². The van der Waals surface area contributed by atoms with Crippen LogP contribution in [0.5, 0.6) is 11.5 Å². The molecule has 6 aromatic rings. The summed E-state index contributed by atoms with van der Waals surface area (Å²) < 4.78 is 35.1. The van der Waals surface area contributed by atoms with Gasteiger partial charge in [-0.15, -0.1) is 21.6 Å². The van der Waals surface area contributed by atoms with Gasteiger partial charge < -0.3 is 34.3 Å². The number of nitro groups is 2. The van der Waals surface area contributed by atoms with Crippen LogP contribution in [0.15, 0.2) is 120 Å². The van der Waals surface area contributed by atoms with Gasteiger partial charge in [-0.3, -0.25) is 29.8 Å². The Bertz CT molecular complexity index is 2750. The second-order valence-corrected chi connectivity index (χ2v) is 12.7. The minimum absolute atomic E-state index is 0. The SMILES string of the molecule is Cc1[n-]n(-c2ccccc2)c(=O)c1N=Nc1cc([N+](=O)[O-])ccc1[O-].Cc1cc(N=Nc2c(C)[n-]n(-c3ccc(S(=O)(=O)[O-])cc3)c2=O)c([O-])c([N+](=O)[O-])c1.[Cr+3].[H+].[H+]. The van der Waals surface area contributed by atoms with Gasteiger partial charge in [0.15, 0.2) is 0 Å². The van der Waals surface area contributed by atoms with Gasteiger partial charge in [-0.25, -0.2) is 8.42 Å². The Kier molecular flexibility index (Phi) is 12.6. The molecular formula is C33H25CrN10O11S. The van der Waals surface area contributed by atoms with E-state index in [9.17, 15) is 53.0 Å². The van der Waals surface area contributed by atoms with E-state index in [2.05, 4.69) is 30.7 Å². The predicted octanol–water partition coefficient (Wildman–Crippen LogP) is 4.44. The maximum absolute atomic E-state index is 12.6. The minimum Gasteiger partial charge on any atom is -0.871 e. The standard InChI is InChI=1S/C17H15N5O7S.C16H13N5O4.Cr/c1-9-7-13(16(23)14(8-9)22(25)26)18-19-15-10(2)20-21(17(15)24)11-3-5-12(6-4-11)30(27,28)29;1-10-15(16(23)20(19-10)11-5-3-2-4-6-11)18-17-13-9-12(21(24)25)7-8-14(13)22;/h3-8H,1-2H3,(H3,18,19,20,23,24,27,28,29);2-9H,1H3,(H2,17,18,19,22,23);/q;;+3/p-3. The number of hydrogen-bond acceptors (Lipinski definition) is 15. The van der Waals surface area contributed by atoms with Crippen molar-refractivity contribution in [3.8, 4) is 22.9 Å². The first-order valence-corrected chi connectivity index (χ1v) is 16.8. The number of para-hydroxylation sites is 1. The number of non-ortho nitro benzene ring substituents is 1. The van der Waals surface area contributed by atoms with Gasteiger partial charge in [-0.1, -0.05) is 43.9 Å². The van der Waals surface area contributed by atoms with E-state index in [1.807, 2.05) is 6.07 Å². The maximum atomic E-state index is 12.6. The third-order valence-corrected chi connectivity index (χ3v) is 8.26. The molecule has 23 heteroatoms. The molecule has 0 saturated heterocycles. The Balaban J connectivity index is 0.000000386. The van der Waals surface area contributed by atoms with Gasteiger partial charge in [0.2, 0.25) is 0 Å². The molecule has 285 valence electrons. The van der Waals surface area contributed by atoms with Crippen molar-refractivity contribution >= 4 is 44.2 Å². The van der Waals surface area contributed by atoms with Crippen molar-refractivity contribution in [2.24, 2.45) is 20.5 Å². The molecule has 0 amide bonds. The first-order chi connectivity index (χ1) is 26.0. The van der Waals surface area contributed by atoms with Crippen molar-refractivity contribution in [3.05, 3.63) is 143 Å². The molecule has 0 unspecified atom stereocenters. The molecule has 21 nitrogen and oxygen atoms in total. The summed E-state index contributed by atoms with van der Waals surface area (Å²) in [7, 11) is -4.64. The number of nitrogens with zero attached hydrogens (tertiary/aromatic N) is 10. The van der Waals surface area contributed by atoms with Gasteiger partial charge in [-0.05, 0) is 55.0 Å². The molecule has 56 heavy (non-hydrogen) atoms. The zero-order valence-electron chi connectivity index (χ0n) is 30.9. The topological polar surface area (TPSA) is 311 Å². The summed E-state index contributed by atoms with van der Waals surface area (Å²) in [5, 5.41) is 68.7. The van der Waals surface area contributed by atoms with Crippen molar-refractivity contribution in [2.45, 2.75) is 25.7 Å². The summed E-state index contributed by atoms with van der Waals surface area (Å²) in [5.74, 6) is -1.48. The fourth-order valence-electron chi connectivity index (χ4n) is 4.75. The van der Waals surface area contributed by atoms with Crippen molar-refractivity contribution in [1.29, 1.82) is 0 Å². The van der Waals surface area contributed by atoms with E-state index >= 15 is 0 Å². The molecule has 0 aliphatic carbocycles. The maximum Gasteiger partial charge on any atom is 3.00 e. The molecule has 4 aromatic carbocycles. The molecule has 0 atom stereocenters. The average molecular weight is 822 g/mol. The molecule has 0 bridgehead atoms. The van der Waals surface area contributed by atoms with Crippen LogP contribution in [-0.2, 0) is 27.5 Å². The quantitative estimate of drug-likeness (QED) is 0.0844. The molecule has 0 saturated carbocycles. The molecule has 6 rings (SSSR count). The molecule has 0 N–H and O–H groups in total. The van der Waals surface area contributed by atoms with E-state index in [4.69, 9.17) is 0 Å². The number of azo groups is 2. The van der Waals surface area contributed by atoms with Crippen molar-refractivity contribution < 1.29 is 53.2 Å². The summed E-state index contributed by atoms with van der Waals surface area (Å²) in [4.78, 5) is 44.8. The Labute approximate surface area is 328 Å². The third-order valence-electron chi connectivity index (χ3n) is 7.41. The smallest absolute Gasteiger partial charge is 0.871 e. The number of benzene rings is 4. The normalized spacial score (nSPS) is 11.3. The van der Waals surface area contributed by atoms with Crippen LogP contribution in [0.2, 0.25) is 0 Å². The van der Waals surface area contributed by atoms with Crippen LogP contribution in [0.1, 0.15) is 19.8 Å². The van der Waals surface area contributed by atoms with E-state index in [0.29, 0.717) is 16.9 Å². The summed E-state index contributed by atoms with van der Waals surface area (Å²) in [5.41, 5.74) is -1.29. The fraction of sp³-hybridized carbons (Fsp3) is 0.0909. The van der Waals surface area contributed by atoms with Gasteiger partial charge in [0, 0.05) is 35.3 Å². The molecule has 0 aliphatic heterocycles. The van der Waals surface area contributed by atoms with Gasteiger partial charge in [-0.2, -0.15) is 10.2 Å². The summed E-state index contributed by atoms with van der Waals surface area (Å²) >= 11 is 0. The average Bonchev–Trinajstić information content (AvgIpc) is 3.59. The Morgan fingerprint density at radius 2 is 1.20 bits per heavy atom. The van der Waals surface area contributed by atoms with Gasteiger partial charge in [0.25, 0.3) is 22.5 Å². The van der Waals surface area contributed by atoms with E-state index in [1.165, 1.54) is 29.8 Å². The Hall–Kier alpha value is -7.06. The van der Waals surface area contributed by atoms with E-state index in [-0.39, 0.29) is 60.0 Å². The van der Waals surface area contributed by atoms with Crippen LogP contribution in [0.4, 0.5) is 34.1 Å². The number of aromatic nitrogens is 4. The molecule has 0 spiro atoms. The molecular weight excluding hydrogens is 796 g/mol. The molecule has 1 radical (unpaired) electrons. The molecule has 2 heterocycles. The van der Waals surface area contributed by atoms with Crippen LogP contribution in [0, 0.1) is 41.0 Å². The van der Waals surface area contributed by atoms with Crippen LogP contribution in [-0.4, -0.2) is 32.2 Å². The van der Waals surface area contributed by atoms with Crippen molar-refractivity contribution in [1.82, 2.24) is 19.6 Å². The van der Waals surface area contributed by atoms with Gasteiger partial charge >= 0.3 is 20.2 Å². The van der Waals surface area contributed by atoms with Crippen LogP contribution < -0.4 is 31.5 Å². The number of nitro benzene ring substituents is 2. The zero-order chi connectivity index (χ0) is 40.2. The summed E-state index contributed by atoms with van der Waals surface area (Å²) in [6.45, 7) is 4.58. The summed E-state index contributed by atoms with van der Waals surface area (Å²) in [6.07, 6.45) is 0. The van der Waals surface area contributed by atoms with Crippen LogP contribution in [0.3, 0.4) is 0 Å². The molecule has 2 aromatic heterocycles. The number of aryl methyl sites for hydroxylation is 3. The first-order valence-electron chi connectivity index (χ1n) is 15.4. The van der Waals surface area contributed by atoms with Gasteiger partial charge in [0.05, 0.1) is 26.1 Å². The van der Waals surface area contributed by atoms with E-state index < -0.39 is 53.2 Å². The predicted molar refractivity (Wildman–Crippen MR) is 189 cm³/mol. The van der Waals surface area contributed by atoms with E-state index in [0.717, 1.165) is 41.1 Å². The van der Waals surface area contributed by atoms with Crippen LogP contribution in [0.25, 0.3) is 11.4 Å². The Morgan fingerprint density at radius 1 is 0.679 bits per heavy atom. The van der Waals surface area contributed by atoms with Crippen molar-refractivity contribution in [2.75, 3.05) is 0 Å². The van der Waals surface area contributed by atoms with E-state index in [1.54, 1.807) is 38.1 Å². The zero-order valence-corrected chi connectivity index (χ0v) is 31.0.